The van der Waals surface area contributed by atoms with E-state index in [0.29, 0.717) is 28.4 Å². The second kappa shape index (κ2) is 10.7. The first-order valence-electron chi connectivity index (χ1n) is 13.2. The number of carbonyl (C=O) groups is 1. The zero-order valence-corrected chi connectivity index (χ0v) is 24.1. The molecule has 1 atom stereocenters. The molecule has 0 bridgehead atoms. The number of aromatic nitrogens is 5. The van der Waals surface area contributed by atoms with Gasteiger partial charge in [-0.1, -0.05) is 11.6 Å². The SMILES string of the molecule is Cc1oc(=O)oc1COC(=O)c1cc(C2=CN=C([C@@H]3CCc4cc(-c5cc(Cl)ccc5-n5cnnn5)cc(=O)n43)C2)cs1. The first-order chi connectivity index (χ1) is 20.8. The first-order valence-corrected chi connectivity index (χ1v) is 14.5. The highest BCUT2D eigenvalue weighted by Crippen LogP contribution is 2.36. The number of aliphatic imine (C=N–C) groups is 1. The Kier molecular flexibility index (Phi) is 6.75. The highest BCUT2D eigenvalue weighted by molar-refractivity contribution is 7.12. The van der Waals surface area contributed by atoms with Crippen LogP contribution in [0.5, 0.6) is 0 Å². The number of ether oxygens (including phenoxy) is 1. The van der Waals surface area contributed by atoms with E-state index >= 15 is 0 Å². The fourth-order valence-electron chi connectivity index (χ4n) is 5.42. The minimum atomic E-state index is -0.838. The highest BCUT2D eigenvalue weighted by atomic mass is 35.5. The molecule has 0 saturated heterocycles. The molecule has 14 heteroatoms. The number of tetrazole rings is 1. The maximum Gasteiger partial charge on any atom is 0.519 e. The Morgan fingerprint density at radius 2 is 2.05 bits per heavy atom. The molecule has 6 heterocycles. The van der Waals surface area contributed by atoms with Gasteiger partial charge in [0.05, 0.1) is 11.7 Å². The monoisotopic (exact) mass is 616 g/mol. The van der Waals surface area contributed by atoms with Crippen LogP contribution in [0.25, 0.3) is 22.4 Å². The van der Waals surface area contributed by atoms with Crippen LogP contribution in [0.2, 0.25) is 5.02 Å². The van der Waals surface area contributed by atoms with E-state index in [9.17, 15) is 14.4 Å². The third kappa shape index (κ3) is 5.06. The number of hydrogen-bond acceptors (Lipinski definition) is 11. The Balaban J connectivity index is 1.07. The molecule has 216 valence electrons. The second-order valence-electron chi connectivity index (χ2n) is 10.1. The van der Waals surface area contributed by atoms with E-state index in [1.165, 1.54) is 22.3 Å². The zero-order valence-electron chi connectivity index (χ0n) is 22.5. The number of fused-ring (bicyclic) bond motifs is 1. The van der Waals surface area contributed by atoms with Crippen LogP contribution < -0.4 is 11.4 Å². The Morgan fingerprint density at radius 1 is 1.16 bits per heavy atom. The molecule has 0 fully saturated rings. The number of esters is 1. The molecule has 7 rings (SSSR count). The van der Waals surface area contributed by atoms with Crippen LogP contribution in [-0.4, -0.2) is 36.5 Å². The molecule has 0 spiro atoms. The number of thiophene rings is 1. The van der Waals surface area contributed by atoms with Gasteiger partial charge in [0.2, 0.25) is 0 Å². The summed E-state index contributed by atoms with van der Waals surface area (Å²) >= 11 is 7.57. The Bertz CT molecular complexity index is 2070. The van der Waals surface area contributed by atoms with Crippen LogP contribution in [0, 0.1) is 6.92 Å². The van der Waals surface area contributed by atoms with Gasteiger partial charge in [-0.3, -0.25) is 9.79 Å². The maximum absolute atomic E-state index is 13.5. The number of halogens is 1. The van der Waals surface area contributed by atoms with Crippen molar-refractivity contribution in [3.05, 3.63) is 108 Å². The molecule has 1 aromatic carbocycles. The van der Waals surface area contributed by atoms with Gasteiger partial charge in [-0.15, -0.1) is 16.4 Å². The molecule has 4 aromatic heterocycles. The summed E-state index contributed by atoms with van der Waals surface area (Å²) < 4.78 is 18.3. The topological polar surface area (TPSA) is 148 Å². The van der Waals surface area contributed by atoms with Crippen molar-refractivity contribution in [2.24, 2.45) is 4.99 Å². The van der Waals surface area contributed by atoms with Crippen molar-refractivity contribution in [3.63, 3.8) is 0 Å². The largest absolute Gasteiger partial charge is 0.519 e. The van der Waals surface area contributed by atoms with E-state index in [0.717, 1.165) is 40.1 Å². The van der Waals surface area contributed by atoms with Crippen molar-refractivity contribution in [2.45, 2.75) is 38.8 Å². The molecular formula is C29H21ClN6O6S. The second-order valence-corrected chi connectivity index (χ2v) is 11.4. The van der Waals surface area contributed by atoms with Gasteiger partial charge in [-0.2, -0.15) is 4.68 Å². The van der Waals surface area contributed by atoms with Gasteiger partial charge in [0.15, 0.2) is 18.1 Å². The number of carbonyl (C=O) groups excluding carboxylic acids is 1. The van der Waals surface area contributed by atoms with Crippen molar-refractivity contribution in [2.75, 3.05) is 0 Å². The molecule has 5 aromatic rings. The summed E-state index contributed by atoms with van der Waals surface area (Å²) in [7, 11) is 0. The van der Waals surface area contributed by atoms with Gasteiger partial charge >= 0.3 is 11.8 Å². The number of benzene rings is 1. The maximum atomic E-state index is 13.5. The number of allylic oxidation sites excluding steroid dienone is 1. The lowest BCUT2D eigenvalue weighted by Gasteiger charge is -2.17. The quantitative estimate of drug-likeness (QED) is 0.235. The van der Waals surface area contributed by atoms with Crippen molar-refractivity contribution in [3.8, 4) is 16.8 Å². The number of pyridine rings is 1. The summed E-state index contributed by atoms with van der Waals surface area (Å²) in [6, 6.07) is 10.6. The van der Waals surface area contributed by atoms with Gasteiger partial charge in [-0.25, -0.2) is 9.59 Å². The van der Waals surface area contributed by atoms with Gasteiger partial charge in [0.25, 0.3) is 5.56 Å². The van der Waals surface area contributed by atoms with E-state index in [4.69, 9.17) is 25.2 Å². The summed E-state index contributed by atoms with van der Waals surface area (Å²) in [4.78, 5) is 42.4. The van der Waals surface area contributed by atoms with E-state index < -0.39 is 11.8 Å². The number of nitrogens with zero attached hydrogens (tertiary/aromatic N) is 6. The summed E-state index contributed by atoms with van der Waals surface area (Å²) in [5, 5.41) is 13.9. The van der Waals surface area contributed by atoms with Crippen molar-refractivity contribution < 1.29 is 18.4 Å². The summed E-state index contributed by atoms with van der Waals surface area (Å²) in [5.74, 6) is -0.928. The molecule has 0 aliphatic carbocycles. The van der Waals surface area contributed by atoms with E-state index in [1.54, 1.807) is 37.4 Å². The first kappa shape index (κ1) is 27.0. The smallest absolute Gasteiger partial charge is 0.453 e. The van der Waals surface area contributed by atoms with Gasteiger partial charge < -0.3 is 18.1 Å². The molecule has 43 heavy (non-hydrogen) atoms. The summed E-state index contributed by atoms with van der Waals surface area (Å²) in [6.07, 6.45) is 5.30. The van der Waals surface area contributed by atoms with Gasteiger partial charge in [0, 0.05) is 40.7 Å². The Labute approximate surface area is 251 Å². The lowest BCUT2D eigenvalue weighted by molar-refractivity contribution is 0.0448. The zero-order chi connectivity index (χ0) is 29.7. The van der Waals surface area contributed by atoms with E-state index in [1.807, 2.05) is 22.1 Å². The standard InChI is InChI=1S/C29H21ClN6O6S/c1-15-25(42-29(39)41-15)12-40-28(38)26-8-18(13-43-26)17-7-22(31-11-17)24-5-3-20-6-16(9-27(37)36(20)24)21-10-19(30)2-4-23(21)35-14-32-33-34-35/h2,4,6,8-11,13-14,24H,3,5,7,12H2,1H3/t24-/m0/s1. The summed E-state index contributed by atoms with van der Waals surface area (Å²) in [5.41, 5.74) is 5.69. The number of rotatable bonds is 7. The molecule has 0 unspecified atom stereocenters. The number of aryl methyl sites for hydroxylation is 2. The predicted octanol–water partition coefficient (Wildman–Crippen LogP) is 4.79. The lowest BCUT2D eigenvalue weighted by Crippen LogP contribution is -2.27. The average Bonchev–Trinajstić information content (AvgIpc) is 3.81. The highest BCUT2D eigenvalue weighted by Gasteiger charge is 2.31. The average molecular weight is 617 g/mol. The minimum Gasteiger partial charge on any atom is -0.453 e. The van der Waals surface area contributed by atoms with Crippen LogP contribution in [0.15, 0.2) is 77.7 Å². The van der Waals surface area contributed by atoms with Crippen LogP contribution >= 0.6 is 22.9 Å². The van der Waals surface area contributed by atoms with E-state index in [-0.39, 0.29) is 29.7 Å². The fourth-order valence-corrected chi connectivity index (χ4v) is 6.42. The molecule has 0 amide bonds. The van der Waals surface area contributed by atoms with Crippen LogP contribution in [0.1, 0.15) is 51.3 Å². The molecule has 2 aliphatic heterocycles. The molecule has 0 N–H and O–H groups in total. The third-order valence-corrected chi connectivity index (χ3v) is 8.63. The van der Waals surface area contributed by atoms with Crippen LogP contribution in [0.4, 0.5) is 0 Å². The molecule has 2 aliphatic rings. The molecule has 0 saturated carbocycles. The molecule has 0 radical (unpaired) electrons. The lowest BCUT2D eigenvalue weighted by atomic mass is 10.0. The Hall–Kier alpha value is -4.88. The Morgan fingerprint density at radius 3 is 2.84 bits per heavy atom. The molecule has 12 nitrogen and oxygen atoms in total. The summed E-state index contributed by atoms with van der Waals surface area (Å²) in [6.45, 7) is 1.36. The molecular weight excluding hydrogens is 596 g/mol. The number of hydrogen-bond donors (Lipinski definition) is 0. The van der Waals surface area contributed by atoms with Gasteiger partial charge in [0.1, 0.15) is 11.2 Å². The van der Waals surface area contributed by atoms with Crippen molar-refractivity contribution >= 4 is 40.2 Å². The van der Waals surface area contributed by atoms with Gasteiger partial charge in [-0.05, 0) is 82.6 Å². The fraction of sp³-hybridized carbons (Fsp3) is 0.207. The van der Waals surface area contributed by atoms with Crippen LogP contribution in [0.3, 0.4) is 0 Å². The predicted molar refractivity (Wildman–Crippen MR) is 157 cm³/mol. The van der Waals surface area contributed by atoms with Crippen LogP contribution in [-0.2, 0) is 17.8 Å². The van der Waals surface area contributed by atoms with Crippen molar-refractivity contribution in [1.82, 2.24) is 24.8 Å². The normalized spacial score (nSPS) is 15.8. The minimum absolute atomic E-state index is 0.127. The van der Waals surface area contributed by atoms with Crippen molar-refractivity contribution in [1.29, 1.82) is 0 Å². The third-order valence-electron chi connectivity index (χ3n) is 7.48. The van der Waals surface area contributed by atoms with E-state index in [2.05, 4.69) is 20.5 Å².